The van der Waals surface area contributed by atoms with Crippen molar-refractivity contribution in [3.8, 4) is 0 Å². The van der Waals surface area contributed by atoms with Crippen LogP contribution in [-0.4, -0.2) is 79.0 Å². The first-order valence-corrected chi connectivity index (χ1v) is 27.3. The summed E-state index contributed by atoms with van der Waals surface area (Å²) >= 11 is 0. The van der Waals surface area contributed by atoms with Crippen molar-refractivity contribution in [3.63, 3.8) is 0 Å². The molecule has 0 spiro atoms. The van der Waals surface area contributed by atoms with Crippen LogP contribution in [0.5, 0.6) is 0 Å². The van der Waals surface area contributed by atoms with Gasteiger partial charge in [-0.15, -0.1) is 0 Å². The highest BCUT2D eigenvalue weighted by Crippen LogP contribution is 2.39. The molecule has 11 heteroatoms. The van der Waals surface area contributed by atoms with Gasteiger partial charge in [-0.1, -0.05) is 243 Å². The first kappa shape index (κ1) is 55.6. The molecular formula is C68H70O11. The van der Waals surface area contributed by atoms with E-state index in [1.165, 1.54) is 0 Å². The Hall–Kier alpha value is -6.68. The number of aliphatic hydroxyl groups excluding tert-OH is 1. The average molecular weight is 1060 g/mol. The summed E-state index contributed by atoms with van der Waals surface area (Å²) in [7, 11) is 0. The fourth-order valence-electron chi connectivity index (χ4n) is 10.1. The van der Waals surface area contributed by atoms with E-state index < -0.39 is 67.3 Å². The van der Waals surface area contributed by atoms with E-state index in [0.717, 1.165) is 44.5 Å². The van der Waals surface area contributed by atoms with Gasteiger partial charge in [0, 0.05) is 0 Å². The Morgan fingerprint density at radius 3 is 0.835 bits per heavy atom. The van der Waals surface area contributed by atoms with Crippen molar-refractivity contribution in [2.24, 2.45) is 0 Å². The lowest BCUT2D eigenvalue weighted by Crippen LogP contribution is -2.69. The number of benzene rings is 8. The molecule has 10 rings (SSSR count). The van der Waals surface area contributed by atoms with Crippen LogP contribution < -0.4 is 0 Å². The van der Waals surface area contributed by atoms with Gasteiger partial charge >= 0.3 is 0 Å². The first-order valence-electron chi connectivity index (χ1n) is 27.3. The van der Waals surface area contributed by atoms with Crippen LogP contribution in [0.25, 0.3) is 0 Å². The van der Waals surface area contributed by atoms with Gasteiger partial charge in [0.2, 0.25) is 0 Å². The Morgan fingerprint density at radius 1 is 0.266 bits per heavy atom. The van der Waals surface area contributed by atoms with Gasteiger partial charge in [0.25, 0.3) is 0 Å². The predicted molar refractivity (Wildman–Crippen MR) is 301 cm³/mol. The van der Waals surface area contributed by atoms with Gasteiger partial charge in [-0.3, -0.25) is 0 Å². The first-order chi connectivity index (χ1) is 39.1. The number of hydrogen-bond acceptors (Lipinski definition) is 11. The zero-order valence-corrected chi connectivity index (χ0v) is 44.3. The molecule has 0 bridgehead atoms. The fourth-order valence-corrected chi connectivity index (χ4v) is 10.1. The monoisotopic (exact) mass is 1060 g/mol. The van der Waals surface area contributed by atoms with Crippen LogP contribution in [0.4, 0.5) is 0 Å². The Labute approximate surface area is 464 Å². The van der Waals surface area contributed by atoms with Crippen molar-refractivity contribution in [2.75, 3.05) is 6.61 Å². The molecular weight excluding hydrogens is 993 g/mol. The lowest BCUT2D eigenvalue weighted by Gasteiger charge is -2.51. The zero-order chi connectivity index (χ0) is 53.7. The van der Waals surface area contributed by atoms with Gasteiger partial charge in [0.15, 0.2) is 6.29 Å². The van der Waals surface area contributed by atoms with Crippen LogP contribution in [0.3, 0.4) is 0 Å². The molecule has 1 aliphatic heterocycles. The molecule has 8 aromatic carbocycles. The van der Waals surface area contributed by atoms with E-state index >= 15 is 0 Å². The maximum absolute atomic E-state index is 13.3. The van der Waals surface area contributed by atoms with E-state index in [0.29, 0.717) is 6.61 Å². The fraction of sp³-hybridized carbons (Fsp3) is 0.294. The number of aliphatic hydroxyl groups is 1. The minimum Gasteiger partial charge on any atom is -0.387 e. The Morgan fingerprint density at radius 2 is 0.506 bits per heavy atom. The van der Waals surface area contributed by atoms with Crippen molar-refractivity contribution in [3.05, 3.63) is 287 Å². The molecule has 2 aliphatic rings. The standard InChI is InChI=1S/C68H70O11/c69-59-61(72-43-52-29-13-3-14-30-52)64(74-45-54-33-17-5-18-34-54)66(76-47-56-37-21-7-22-38-56)65(75-46-55-35-19-6-20-36-55)62(59)79-68-67(77-48-57-39-23-8-24-40-57)63(73-44-53-31-15-4-16-32-53)60(71-42-51-27-11-2-12-28-51)58(78-68)49-70-41-50-25-9-1-10-26-50/h1-40,58-69H,41-49H2/t58-,59+,60-,61+,62+,63+,64+,65-,66-,67+,68-/m1/s1. The third-order valence-corrected chi connectivity index (χ3v) is 14.2. The molecule has 1 saturated heterocycles. The van der Waals surface area contributed by atoms with E-state index in [2.05, 4.69) is 0 Å². The van der Waals surface area contributed by atoms with Gasteiger partial charge in [0.1, 0.15) is 61.0 Å². The molecule has 2 fully saturated rings. The van der Waals surface area contributed by atoms with Crippen LogP contribution >= 0.6 is 0 Å². The number of ether oxygens (including phenoxy) is 10. The van der Waals surface area contributed by atoms with Crippen molar-refractivity contribution in [2.45, 2.75) is 120 Å². The molecule has 79 heavy (non-hydrogen) atoms. The lowest BCUT2D eigenvalue weighted by atomic mass is 9.83. The van der Waals surface area contributed by atoms with Crippen LogP contribution in [0, 0.1) is 0 Å². The SMILES string of the molecule is O[C@H]1[C@H](OCc2ccccc2)[C@H](OCc2ccccc2)[C@@H](OCc2ccccc2)[C@H](OCc2ccccc2)[C@H]1O[C@H]1O[C@H](COCc2ccccc2)[C@@H](OCc2ccccc2)[C@H](OCc2ccccc2)[C@@H]1OCc1ccccc1. The summed E-state index contributed by atoms with van der Waals surface area (Å²) in [6.45, 7) is 1.84. The highest BCUT2D eigenvalue weighted by molar-refractivity contribution is 5.20. The van der Waals surface area contributed by atoms with Gasteiger partial charge < -0.3 is 52.5 Å². The predicted octanol–water partition coefficient (Wildman–Crippen LogP) is 11.8. The van der Waals surface area contributed by atoms with Crippen molar-refractivity contribution >= 4 is 0 Å². The Bertz CT molecular complexity index is 2910. The smallest absolute Gasteiger partial charge is 0.187 e. The van der Waals surface area contributed by atoms with Crippen molar-refractivity contribution in [1.29, 1.82) is 0 Å². The third kappa shape index (κ3) is 16.0. The maximum atomic E-state index is 13.3. The Balaban J connectivity index is 1.07. The second kappa shape index (κ2) is 29.5. The molecule has 408 valence electrons. The average Bonchev–Trinajstić information content (AvgIpc) is 3.51. The minimum atomic E-state index is -1.37. The number of hydrogen-bond donors (Lipinski definition) is 1. The van der Waals surface area contributed by atoms with Gasteiger partial charge in [-0.05, 0) is 44.5 Å². The molecule has 0 amide bonds. The number of rotatable bonds is 27. The highest BCUT2D eigenvalue weighted by Gasteiger charge is 2.57. The summed E-state index contributed by atoms with van der Waals surface area (Å²) < 4.78 is 70.7. The normalized spacial score (nSPS) is 24.0. The lowest BCUT2D eigenvalue weighted by molar-refractivity contribution is -0.363. The summed E-state index contributed by atoms with van der Waals surface area (Å²) in [5, 5.41) is 13.3. The molecule has 1 aliphatic carbocycles. The van der Waals surface area contributed by atoms with E-state index in [1.807, 2.05) is 243 Å². The van der Waals surface area contributed by atoms with E-state index in [1.54, 1.807) is 0 Å². The molecule has 1 saturated carbocycles. The third-order valence-electron chi connectivity index (χ3n) is 14.2. The van der Waals surface area contributed by atoms with Gasteiger partial charge in [0.05, 0.1) is 59.5 Å². The summed E-state index contributed by atoms with van der Waals surface area (Å²) in [6.07, 6.45) is -10.7. The van der Waals surface area contributed by atoms with E-state index in [-0.39, 0.29) is 52.9 Å². The molecule has 11 atom stereocenters. The van der Waals surface area contributed by atoms with Crippen LogP contribution in [0.1, 0.15) is 44.5 Å². The summed E-state index contributed by atoms with van der Waals surface area (Å²) in [5.41, 5.74) is 7.60. The van der Waals surface area contributed by atoms with Crippen molar-refractivity contribution in [1.82, 2.24) is 0 Å². The molecule has 0 aromatic heterocycles. The summed E-state index contributed by atoms with van der Waals surface area (Å²) in [5.74, 6) is 0. The molecule has 1 heterocycles. The van der Waals surface area contributed by atoms with E-state index in [4.69, 9.17) is 47.4 Å². The van der Waals surface area contributed by atoms with Crippen LogP contribution in [0.2, 0.25) is 0 Å². The zero-order valence-electron chi connectivity index (χ0n) is 44.3. The van der Waals surface area contributed by atoms with Crippen LogP contribution in [-0.2, 0) is 100 Å². The summed E-state index contributed by atoms with van der Waals surface area (Å²) in [4.78, 5) is 0. The molecule has 8 aromatic rings. The van der Waals surface area contributed by atoms with Crippen LogP contribution in [0.15, 0.2) is 243 Å². The summed E-state index contributed by atoms with van der Waals surface area (Å²) in [6, 6.07) is 79.8. The molecule has 1 N–H and O–H groups in total. The largest absolute Gasteiger partial charge is 0.387 e. The Kier molecular flexibility index (Phi) is 20.8. The molecule has 0 unspecified atom stereocenters. The topological polar surface area (TPSA) is 113 Å². The quantitative estimate of drug-likeness (QED) is 0.0531. The van der Waals surface area contributed by atoms with E-state index in [9.17, 15) is 5.11 Å². The maximum Gasteiger partial charge on any atom is 0.187 e. The van der Waals surface area contributed by atoms with Gasteiger partial charge in [-0.25, -0.2) is 0 Å². The minimum absolute atomic E-state index is 0.104. The second-order valence-corrected chi connectivity index (χ2v) is 20.0. The van der Waals surface area contributed by atoms with Gasteiger partial charge in [-0.2, -0.15) is 0 Å². The molecule has 0 radical (unpaired) electrons. The second-order valence-electron chi connectivity index (χ2n) is 20.0. The van der Waals surface area contributed by atoms with Crippen molar-refractivity contribution < 1.29 is 52.5 Å². The molecule has 11 nitrogen and oxygen atoms in total. The highest BCUT2D eigenvalue weighted by atomic mass is 16.7.